The number of nitrogens with zero attached hydrogens (tertiary/aromatic N) is 2. The predicted octanol–water partition coefficient (Wildman–Crippen LogP) is 5.02. The van der Waals surface area contributed by atoms with Gasteiger partial charge in [-0.2, -0.15) is 0 Å². The molecular formula is C28H22N2O7. The molecule has 5 aromatic rings. The Labute approximate surface area is 210 Å². The molecular weight excluding hydrogens is 476 g/mol. The van der Waals surface area contributed by atoms with E-state index in [-0.39, 0.29) is 22.6 Å². The summed E-state index contributed by atoms with van der Waals surface area (Å²) in [6.45, 7) is 1.72. The Kier molecular flexibility index (Phi) is 5.15. The summed E-state index contributed by atoms with van der Waals surface area (Å²) < 4.78 is 28.2. The number of ether oxygens (including phenoxy) is 3. The van der Waals surface area contributed by atoms with Crippen LogP contribution in [0.4, 0.5) is 5.82 Å². The van der Waals surface area contributed by atoms with Crippen molar-refractivity contribution < 1.29 is 27.9 Å². The van der Waals surface area contributed by atoms with Crippen LogP contribution < -0.4 is 24.5 Å². The first kappa shape index (κ1) is 22.7. The van der Waals surface area contributed by atoms with E-state index >= 15 is 0 Å². The van der Waals surface area contributed by atoms with Crippen LogP contribution in [0.1, 0.15) is 33.5 Å². The minimum atomic E-state index is -0.922. The molecule has 3 aromatic carbocycles. The van der Waals surface area contributed by atoms with Crippen molar-refractivity contribution in [3.63, 3.8) is 0 Å². The van der Waals surface area contributed by atoms with Crippen LogP contribution in [0.25, 0.3) is 21.7 Å². The summed E-state index contributed by atoms with van der Waals surface area (Å²) in [7, 11) is 4.52. The fraction of sp³-hybridized carbons (Fsp3) is 0.179. The van der Waals surface area contributed by atoms with E-state index in [1.807, 2.05) is 30.3 Å². The number of aryl methyl sites for hydroxylation is 1. The van der Waals surface area contributed by atoms with E-state index in [0.29, 0.717) is 39.5 Å². The lowest BCUT2D eigenvalue weighted by molar-refractivity contribution is 0.0969. The molecule has 0 bridgehead atoms. The highest BCUT2D eigenvalue weighted by Gasteiger charge is 2.46. The summed E-state index contributed by atoms with van der Waals surface area (Å²) in [5, 5.41) is 6.08. The van der Waals surface area contributed by atoms with Gasteiger partial charge in [0.2, 0.25) is 5.76 Å². The number of benzene rings is 3. The molecule has 1 aliphatic heterocycles. The van der Waals surface area contributed by atoms with E-state index in [2.05, 4.69) is 5.16 Å². The van der Waals surface area contributed by atoms with E-state index in [0.717, 1.165) is 10.8 Å². The summed E-state index contributed by atoms with van der Waals surface area (Å²) in [5.74, 6) is 1.41. The number of methoxy groups -OCH3 is 3. The van der Waals surface area contributed by atoms with Crippen LogP contribution in [0.3, 0.4) is 0 Å². The summed E-state index contributed by atoms with van der Waals surface area (Å²) in [5.41, 5.74) is 0.714. The third-order valence-corrected chi connectivity index (χ3v) is 6.66. The number of rotatable bonds is 5. The molecule has 9 nitrogen and oxygen atoms in total. The van der Waals surface area contributed by atoms with Gasteiger partial charge in [-0.25, -0.2) is 0 Å². The lowest BCUT2D eigenvalue weighted by Crippen LogP contribution is -2.30. The van der Waals surface area contributed by atoms with Gasteiger partial charge in [0.15, 0.2) is 22.7 Å². The van der Waals surface area contributed by atoms with Crippen molar-refractivity contribution in [1.29, 1.82) is 0 Å². The third-order valence-electron chi connectivity index (χ3n) is 6.66. The van der Waals surface area contributed by atoms with E-state index in [9.17, 15) is 9.59 Å². The lowest BCUT2D eigenvalue weighted by Gasteiger charge is -2.25. The molecule has 2 aromatic heterocycles. The van der Waals surface area contributed by atoms with Crippen LogP contribution in [0, 0.1) is 6.92 Å². The maximum atomic E-state index is 14.1. The first-order chi connectivity index (χ1) is 18.0. The summed E-state index contributed by atoms with van der Waals surface area (Å²) in [6, 6.07) is 15.2. The third kappa shape index (κ3) is 3.27. The predicted molar refractivity (Wildman–Crippen MR) is 136 cm³/mol. The first-order valence-corrected chi connectivity index (χ1v) is 11.5. The van der Waals surface area contributed by atoms with E-state index in [1.54, 1.807) is 31.2 Å². The number of anilines is 1. The van der Waals surface area contributed by atoms with E-state index < -0.39 is 11.9 Å². The van der Waals surface area contributed by atoms with Crippen molar-refractivity contribution in [2.75, 3.05) is 26.2 Å². The molecule has 0 radical (unpaired) electrons. The Bertz CT molecular complexity index is 1770. The van der Waals surface area contributed by atoms with Crippen LogP contribution in [0.2, 0.25) is 0 Å². The molecule has 1 amide bonds. The fourth-order valence-electron chi connectivity index (χ4n) is 4.96. The van der Waals surface area contributed by atoms with Gasteiger partial charge in [0.05, 0.1) is 32.3 Å². The molecule has 3 heterocycles. The van der Waals surface area contributed by atoms with Crippen LogP contribution in [-0.4, -0.2) is 32.4 Å². The average molecular weight is 498 g/mol. The topological polar surface area (TPSA) is 104 Å². The van der Waals surface area contributed by atoms with Crippen LogP contribution >= 0.6 is 0 Å². The van der Waals surface area contributed by atoms with Crippen molar-refractivity contribution in [2.45, 2.75) is 13.0 Å². The van der Waals surface area contributed by atoms with Crippen molar-refractivity contribution in [3.8, 4) is 17.2 Å². The van der Waals surface area contributed by atoms with Gasteiger partial charge in [-0.05, 0) is 24.4 Å². The van der Waals surface area contributed by atoms with Gasteiger partial charge in [0.1, 0.15) is 23.1 Å². The molecule has 186 valence electrons. The maximum Gasteiger partial charge on any atom is 0.296 e. The van der Waals surface area contributed by atoms with Gasteiger partial charge in [-0.3, -0.25) is 14.5 Å². The molecule has 9 heteroatoms. The first-order valence-electron chi connectivity index (χ1n) is 11.5. The van der Waals surface area contributed by atoms with Crippen molar-refractivity contribution in [3.05, 3.63) is 87.5 Å². The monoisotopic (exact) mass is 498 g/mol. The van der Waals surface area contributed by atoms with Crippen molar-refractivity contribution >= 4 is 33.5 Å². The van der Waals surface area contributed by atoms with Gasteiger partial charge in [0, 0.05) is 23.1 Å². The van der Waals surface area contributed by atoms with Crippen LogP contribution in [-0.2, 0) is 0 Å². The van der Waals surface area contributed by atoms with Crippen molar-refractivity contribution in [1.82, 2.24) is 5.16 Å². The average Bonchev–Trinajstić information content (AvgIpc) is 3.48. The zero-order valence-electron chi connectivity index (χ0n) is 20.5. The van der Waals surface area contributed by atoms with Crippen LogP contribution in [0.5, 0.6) is 17.2 Å². The Morgan fingerprint density at radius 3 is 2.30 bits per heavy atom. The Morgan fingerprint density at radius 2 is 1.59 bits per heavy atom. The van der Waals surface area contributed by atoms with Gasteiger partial charge < -0.3 is 23.2 Å². The summed E-state index contributed by atoms with van der Waals surface area (Å²) in [6.07, 6.45) is 0. The molecule has 1 atom stereocenters. The van der Waals surface area contributed by atoms with Gasteiger partial charge in [0.25, 0.3) is 5.91 Å². The number of amides is 1. The molecule has 0 N–H and O–H groups in total. The quantitative estimate of drug-likeness (QED) is 0.311. The van der Waals surface area contributed by atoms with E-state index in [1.165, 1.54) is 26.2 Å². The molecule has 1 aliphatic rings. The molecule has 0 saturated carbocycles. The standard InChI is InChI=1S/C28H22N2O7/c1-14-11-22(29-37-14)30-24(18-12-20(34-3)21(35-4)13-19(18)33-2)23-25(31)17-10-9-15-7-5-6-8-16(15)26(17)36-27(23)28(30)32/h5-13,24H,1-4H3/t24-/m0/s1. The Morgan fingerprint density at radius 1 is 0.865 bits per heavy atom. The van der Waals surface area contributed by atoms with Gasteiger partial charge in [-0.15, -0.1) is 0 Å². The fourth-order valence-corrected chi connectivity index (χ4v) is 4.96. The van der Waals surface area contributed by atoms with Crippen LogP contribution in [0.15, 0.2) is 68.3 Å². The molecule has 0 aliphatic carbocycles. The highest BCUT2D eigenvalue weighted by atomic mass is 16.5. The number of carbonyl (C=O) groups excluding carboxylic acids is 1. The molecule has 0 spiro atoms. The Balaban J connectivity index is 1.70. The van der Waals surface area contributed by atoms with Crippen molar-refractivity contribution in [2.24, 2.45) is 0 Å². The minimum Gasteiger partial charge on any atom is -0.496 e. The lowest BCUT2D eigenvalue weighted by atomic mass is 9.96. The minimum absolute atomic E-state index is 0.0589. The highest BCUT2D eigenvalue weighted by molar-refractivity contribution is 6.12. The summed E-state index contributed by atoms with van der Waals surface area (Å²) >= 11 is 0. The molecule has 0 unspecified atom stereocenters. The smallest absolute Gasteiger partial charge is 0.296 e. The molecule has 0 fully saturated rings. The largest absolute Gasteiger partial charge is 0.496 e. The molecule has 37 heavy (non-hydrogen) atoms. The zero-order chi connectivity index (χ0) is 25.8. The SMILES string of the molecule is COc1cc(OC)c([C@H]2c3c(oc4c(ccc5ccccc54)c3=O)C(=O)N2c2cc(C)on2)cc1OC. The second-order valence-corrected chi connectivity index (χ2v) is 8.66. The number of hydrogen-bond acceptors (Lipinski definition) is 8. The van der Waals surface area contributed by atoms with E-state index in [4.69, 9.17) is 23.2 Å². The molecule has 0 saturated heterocycles. The Hall–Kier alpha value is -4.79. The second-order valence-electron chi connectivity index (χ2n) is 8.66. The maximum absolute atomic E-state index is 14.1. The number of aromatic nitrogens is 1. The summed E-state index contributed by atoms with van der Waals surface area (Å²) in [4.78, 5) is 29.4. The number of carbonyl (C=O) groups is 1. The van der Waals surface area contributed by atoms with Gasteiger partial charge in [-0.1, -0.05) is 35.5 Å². The second kappa shape index (κ2) is 8.41. The highest BCUT2D eigenvalue weighted by Crippen LogP contribution is 2.47. The zero-order valence-corrected chi connectivity index (χ0v) is 20.5. The number of fused-ring (bicyclic) bond motifs is 4. The number of hydrogen-bond donors (Lipinski definition) is 0. The molecule has 6 rings (SSSR count). The normalized spacial score (nSPS) is 14.9. The van der Waals surface area contributed by atoms with Gasteiger partial charge >= 0.3 is 0 Å².